The van der Waals surface area contributed by atoms with Crippen LogP contribution in [0.1, 0.15) is 25.8 Å². The number of benzene rings is 1. The second kappa shape index (κ2) is 8.97. The van der Waals surface area contributed by atoms with Crippen LogP contribution in [0.4, 0.5) is 11.4 Å². The summed E-state index contributed by atoms with van der Waals surface area (Å²) in [5.74, 6) is 1.36. The highest BCUT2D eigenvalue weighted by Crippen LogP contribution is 2.22. The van der Waals surface area contributed by atoms with Gasteiger partial charge in [-0.2, -0.15) is 5.10 Å². The van der Waals surface area contributed by atoms with Crippen molar-refractivity contribution in [3.05, 3.63) is 52.3 Å². The van der Waals surface area contributed by atoms with E-state index in [1.54, 1.807) is 0 Å². The molecule has 8 nitrogen and oxygen atoms in total. The summed E-state index contributed by atoms with van der Waals surface area (Å²) >= 11 is 0. The van der Waals surface area contributed by atoms with E-state index in [-0.39, 0.29) is 18.0 Å². The lowest BCUT2D eigenvalue weighted by Gasteiger charge is -2.15. The summed E-state index contributed by atoms with van der Waals surface area (Å²) in [5, 5.41) is 17.5. The standard InChI is InChI=1S/C20H27N5O3/c1-15-12-23(13-16(15)2)8-6-17-4-3-5-18(10-17)22-20(26)7-9-24-14-19(11-21-24)25(27)28/h3-5,10-11,14-16H,6-9,12-13H2,1-2H3,(H,22,26)/t15-,16+. The summed E-state index contributed by atoms with van der Waals surface area (Å²) in [6, 6.07) is 7.93. The highest BCUT2D eigenvalue weighted by Gasteiger charge is 2.25. The molecule has 1 saturated heterocycles. The van der Waals surface area contributed by atoms with Crippen LogP contribution in [0.3, 0.4) is 0 Å². The Morgan fingerprint density at radius 3 is 2.71 bits per heavy atom. The number of amides is 1. The summed E-state index contributed by atoms with van der Waals surface area (Å²) < 4.78 is 1.41. The Labute approximate surface area is 164 Å². The number of hydrogen-bond acceptors (Lipinski definition) is 5. The van der Waals surface area contributed by atoms with E-state index in [4.69, 9.17) is 0 Å². The van der Waals surface area contributed by atoms with E-state index < -0.39 is 4.92 Å². The van der Waals surface area contributed by atoms with Crippen LogP contribution in [0, 0.1) is 22.0 Å². The van der Waals surface area contributed by atoms with Crippen molar-refractivity contribution in [2.75, 3.05) is 25.0 Å². The topological polar surface area (TPSA) is 93.3 Å². The third-order valence-corrected chi connectivity index (χ3v) is 5.39. The Morgan fingerprint density at radius 1 is 1.29 bits per heavy atom. The van der Waals surface area contributed by atoms with Gasteiger partial charge in [0.25, 0.3) is 0 Å². The molecule has 2 aromatic rings. The Balaban J connectivity index is 1.46. The van der Waals surface area contributed by atoms with E-state index in [1.807, 2.05) is 18.2 Å². The summed E-state index contributed by atoms with van der Waals surface area (Å²) in [4.78, 5) is 24.8. The van der Waals surface area contributed by atoms with E-state index in [9.17, 15) is 14.9 Å². The Kier molecular flexibility index (Phi) is 6.41. The van der Waals surface area contributed by atoms with E-state index in [0.29, 0.717) is 6.54 Å². The summed E-state index contributed by atoms with van der Waals surface area (Å²) in [6.07, 6.45) is 3.67. The second-order valence-electron chi connectivity index (χ2n) is 7.68. The fourth-order valence-electron chi connectivity index (χ4n) is 3.53. The molecule has 2 atom stereocenters. The molecule has 1 aromatic carbocycles. The predicted octanol–water partition coefficient (Wildman–Crippen LogP) is 2.95. The van der Waals surface area contributed by atoms with Crippen molar-refractivity contribution in [1.29, 1.82) is 0 Å². The highest BCUT2D eigenvalue weighted by atomic mass is 16.6. The second-order valence-corrected chi connectivity index (χ2v) is 7.68. The smallest absolute Gasteiger partial charge is 0.306 e. The van der Waals surface area contributed by atoms with Gasteiger partial charge in [-0.25, -0.2) is 0 Å². The molecule has 1 amide bonds. The fraction of sp³-hybridized carbons (Fsp3) is 0.500. The van der Waals surface area contributed by atoms with E-state index in [1.165, 1.54) is 22.6 Å². The molecule has 0 aliphatic carbocycles. The average Bonchev–Trinajstić information content (AvgIpc) is 3.26. The van der Waals surface area contributed by atoms with Gasteiger partial charge in [0.05, 0.1) is 4.92 Å². The van der Waals surface area contributed by atoms with Crippen molar-refractivity contribution in [2.45, 2.75) is 33.2 Å². The molecule has 0 bridgehead atoms. The van der Waals surface area contributed by atoms with Gasteiger partial charge < -0.3 is 10.2 Å². The molecular weight excluding hydrogens is 358 g/mol. The van der Waals surface area contributed by atoms with Gasteiger partial charge in [0, 0.05) is 38.3 Å². The van der Waals surface area contributed by atoms with Gasteiger partial charge >= 0.3 is 5.69 Å². The molecule has 8 heteroatoms. The molecule has 150 valence electrons. The van der Waals surface area contributed by atoms with Crippen molar-refractivity contribution in [2.24, 2.45) is 11.8 Å². The quantitative estimate of drug-likeness (QED) is 0.557. The number of aryl methyl sites for hydroxylation is 1. The van der Waals surface area contributed by atoms with Gasteiger partial charge in [0.2, 0.25) is 5.91 Å². The molecule has 2 heterocycles. The van der Waals surface area contributed by atoms with Crippen LogP contribution in [-0.4, -0.2) is 45.1 Å². The summed E-state index contributed by atoms with van der Waals surface area (Å²) in [7, 11) is 0. The molecule has 1 fully saturated rings. The summed E-state index contributed by atoms with van der Waals surface area (Å²) in [5.41, 5.74) is 1.90. The molecule has 0 radical (unpaired) electrons. The van der Waals surface area contributed by atoms with Crippen LogP contribution in [0.25, 0.3) is 0 Å². The van der Waals surface area contributed by atoms with Crippen molar-refractivity contribution in [1.82, 2.24) is 14.7 Å². The minimum absolute atomic E-state index is 0.0742. The first kappa shape index (κ1) is 20.0. The normalized spacial score (nSPS) is 19.6. The van der Waals surface area contributed by atoms with Crippen molar-refractivity contribution >= 4 is 17.3 Å². The van der Waals surface area contributed by atoms with Gasteiger partial charge in [-0.1, -0.05) is 26.0 Å². The number of nitrogens with one attached hydrogen (secondary N) is 1. The lowest BCUT2D eigenvalue weighted by molar-refractivity contribution is -0.385. The Morgan fingerprint density at radius 2 is 2.04 bits per heavy atom. The monoisotopic (exact) mass is 385 g/mol. The Bertz CT molecular complexity index is 825. The largest absolute Gasteiger partial charge is 0.326 e. The number of carbonyl (C=O) groups is 1. The number of aromatic nitrogens is 2. The van der Waals surface area contributed by atoms with Crippen LogP contribution in [-0.2, 0) is 17.8 Å². The minimum atomic E-state index is -0.501. The van der Waals surface area contributed by atoms with Gasteiger partial charge in [0.15, 0.2) is 0 Å². The molecule has 3 rings (SSSR count). The van der Waals surface area contributed by atoms with Gasteiger partial charge in [-0.3, -0.25) is 19.6 Å². The third-order valence-electron chi connectivity index (χ3n) is 5.39. The van der Waals surface area contributed by atoms with E-state index >= 15 is 0 Å². The van der Waals surface area contributed by atoms with Crippen molar-refractivity contribution in [3.8, 4) is 0 Å². The highest BCUT2D eigenvalue weighted by molar-refractivity contribution is 5.90. The zero-order chi connectivity index (χ0) is 20.1. The van der Waals surface area contributed by atoms with Gasteiger partial charge in [0.1, 0.15) is 12.4 Å². The zero-order valence-electron chi connectivity index (χ0n) is 16.4. The van der Waals surface area contributed by atoms with Crippen LogP contribution in [0.15, 0.2) is 36.7 Å². The molecule has 0 spiro atoms. The zero-order valence-corrected chi connectivity index (χ0v) is 16.4. The van der Waals surface area contributed by atoms with Gasteiger partial charge in [-0.05, 0) is 36.0 Å². The first-order valence-corrected chi connectivity index (χ1v) is 9.68. The molecule has 1 aromatic heterocycles. The number of nitrogens with zero attached hydrogens (tertiary/aromatic N) is 4. The number of carbonyl (C=O) groups excluding carboxylic acids is 1. The Hall–Kier alpha value is -2.74. The summed E-state index contributed by atoms with van der Waals surface area (Å²) in [6.45, 7) is 8.26. The number of likely N-dealkylation sites (tertiary alicyclic amines) is 1. The van der Waals surface area contributed by atoms with Crippen molar-refractivity contribution in [3.63, 3.8) is 0 Å². The molecule has 1 aliphatic heterocycles. The molecule has 28 heavy (non-hydrogen) atoms. The predicted molar refractivity (Wildman–Crippen MR) is 107 cm³/mol. The number of nitro groups is 1. The third kappa shape index (κ3) is 5.39. The maximum atomic E-state index is 12.2. The van der Waals surface area contributed by atoms with Crippen LogP contribution in [0.5, 0.6) is 0 Å². The van der Waals surface area contributed by atoms with Crippen LogP contribution in [0.2, 0.25) is 0 Å². The minimum Gasteiger partial charge on any atom is -0.326 e. The van der Waals surface area contributed by atoms with Crippen molar-refractivity contribution < 1.29 is 9.72 Å². The number of hydrogen-bond donors (Lipinski definition) is 1. The van der Waals surface area contributed by atoms with Gasteiger partial charge in [-0.15, -0.1) is 0 Å². The first-order valence-electron chi connectivity index (χ1n) is 9.68. The molecule has 0 saturated carbocycles. The van der Waals surface area contributed by atoms with Crippen LogP contribution >= 0.6 is 0 Å². The molecule has 1 N–H and O–H groups in total. The van der Waals surface area contributed by atoms with Crippen LogP contribution < -0.4 is 5.32 Å². The lowest BCUT2D eigenvalue weighted by atomic mass is 10.0. The first-order chi connectivity index (χ1) is 13.4. The SMILES string of the molecule is C[C@@H]1CN(CCc2cccc(NC(=O)CCn3cc([N+](=O)[O-])cn3)c2)C[C@@H]1C. The fourth-order valence-corrected chi connectivity index (χ4v) is 3.53. The van der Waals surface area contributed by atoms with E-state index in [0.717, 1.165) is 43.6 Å². The molecular formula is C20H27N5O3. The number of anilines is 1. The van der Waals surface area contributed by atoms with E-state index in [2.05, 4.69) is 35.2 Å². The average molecular weight is 385 g/mol. The lowest BCUT2D eigenvalue weighted by Crippen LogP contribution is -2.23. The molecule has 1 aliphatic rings. The maximum absolute atomic E-state index is 12.2. The maximum Gasteiger partial charge on any atom is 0.306 e. The number of rotatable bonds is 8. The molecule has 0 unspecified atom stereocenters.